The van der Waals surface area contributed by atoms with Gasteiger partial charge in [-0.3, -0.25) is 14.2 Å². The first-order valence-corrected chi connectivity index (χ1v) is 11.8. The summed E-state index contributed by atoms with van der Waals surface area (Å²) in [5.41, 5.74) is 0. The van der Waals surface area contributed by atoms with Crippen molar-refractivity contribution >= 4 is 19.8 Å². The first-order chi connectivity index (χ1) is 13.3. The molecule has 0 saturated carbocycles. The molecule has 0 amide bonds. The van der Waals surface area contributed by atoms with Crippen molar-refractivity contribution < 1.29 is 67.5 Å². The summed E-state index contributed by atoms with van der Waals surface area (Å²) in [6.45, 7) is 3.30. The number of unbranched alkanes of at least 4 members (excludes halogenated alkanes) is 8. The minimum atomic E-state index is -4.95. The van der Waals surface area contributed by atoms with Crippen molar-refractivity contribution in [1.82, 2.24) is 0 Å². The monoisotopic (exact) mass is 446 g/mol. The summed E-state index contributed by atoms with van der Waals surface area (Å²) >= 11 is 0. The van der Waals surface area contributed by atoms with Crippen LogP contribution in [0, 0.1) is 0 Å². The molecule has 0 heterocycles. The van der Waals surface area contributed by atoms with Gasteiger partial charge in [0.1, 0.15) is 6.61 Å². The summed E-state index contributed by atoms with van der Waals surface area (Å²) < 4.78 is 25.3. The Morgan fingerprint density at radius 3 is 1.83 bits per heavy atom. The van der Waals surface area contributed by atoms with Gasteiger partial charge < -0.3 is 23.8 Å². The van der Waals surface area contributed by atoms with Crippen molar-refractivity contribution in [3.63, 3.8) is 0 Å². The number of ether oxygens (including phenoxy) is 2. The zero-order valence-electron chi connectivity index (χ0n) is 18.2. The molecule has 0 fully saturated rings. The summed E-state index contributed by atoms with van der Waals surface area (Å²) in [4.78, 5) is 43.2. The van der Waals surface area contributed by atoms with Gasteiger partial charge in [-0.25, -0.2) is 0 Å². The van der Waals surface area contributed by atoms with Crippen molar-refractivity contribution in [3.8, 4) is 0 Å². The van der Waals surface area contributed by atoms with E-state index in [0.717, 1.165) is 51.4 Å². The molecular weight excluding hydrogens is 410 g/mol. The molecule has 0 aliphatic rings. The molecule has 10 heteroatoms. The second-order valence-electron chi connectivity index (χ2n) is 6.89. The Balaban J connectivity index is 0. The van der Waals surface area contributed by atoms with Crippen molar-refractivity contribution in [2.24, 2.45) is 0 Å². The van der Waals surface area contributed by atoms with E-state index in [9.17, 15) is 19.0 Å². The smallest absolute Gasteiger partial charge is 0.756 e. The van der Waals surface area contributed by atoms with Gasteiger partial charge in [-0.1, -0.05) is 65.2 Å². The van der Waals surface area contributed by atoms with Crippen LogP contribution in [-0.4, -0.2) is 36.1 Å². The molecule has 0 aliphatic carbocycles. The van der Waals surface area contributed by atoms with Crippen LogP contribution in [0.5, 0.6) is 0 Å². The Morgan fingerprint density at radius 1 is 0.862 bits per heavy atom. The van der Waals surface area contributed by atoms with Crippen molar-refractivity contribution in [1.29, 1.82) is 0 Å². The number of hydrogen-bond donors (Lipinski definition) is 1. The maximum absolute atomic E-state index is 11.9. The predicted molar refractivity (Wildman–Crippen MR) is 103 cm³/mol. The van der Waals surface area contributed by atoms with Crippen LogP contribution in [-0.2, 0) is 28.2 Å². The molecule has 2 atom stereocenters. The van der Waals surface area contributed by atoms with E-state index in [1.165, 1.54) is 0 Å². The van der Waals surface area contributed by atoms with Crippen LogP contribution in [0.4, 0.5) is 0 Å². The molecule has 0 aromatic heterocycles. The van der Waals surface area contributed by atoms with E-state index in [4.69, 9.17) is 14.4 Å². The molecule has 0 aromatic carbocycles. The van der Waals surface area contributed by atoms with E-state index in [1.54, 1.807) is 0 Å². The number of phosphoric ester groups is 1. The van der Waals surface area contributed by atoms with Gasteiger partial charge in [0, 0.05) is 12.8 Å². The molecule has 0 bridgehead atoms. The van der Waals surface area contributed by atoms with E-state index >= 15 is 0 Å². The number of carbonyl (C=O) groups is 2. The van der Waals surface area contributed by atoms with Crippen LogP contribution < -0.4 is 34.5 Å². The quantitative estimate of drug-likeness (QED) is 0.141. The Labute approximate surface area is 197 Å². The SMILES string of the molecule is CCCCCCCC(=O)OC[C@H](COP(=O)([O-])O)OC(=O)CCCCCCC.[Na+]. The molecule has 0 spiro atoms. The summed E-state index contributed by atoms with van der Waals surface area (Å²) in [5, 5.41) is 0. The molecule has 0 saturated heterocycles. The van der Waals surface area contributed by atoms with Crippen molar-refractivity contribution in [2.75, 3.05) is 13.2 Å². The fraction of sp³-hybridized carbons (Fsp3) is 0.895. The third-order valence-electron chi connectivity index (χ3n) is 4.12. The molecular formula is C19H36NaO8P. The van der Waals surface area contributed by atoms with Crippen molar-refractivity contribution in [2.45, 2.75) is 97.0 Å². The van der Waals surface area contributed by atoms with Crippen LogP contribution in [0.15, 0.2) is 0 Å². The van der Waals surface area contributed by atoms with E-state index in [-0.39, 0.29) is 49.0 Å². The minimum absolute atomic E-state index is 0. The molecule has 0 aliphatic heterocycles. The summed E-state index contributed by atoms with van der Waals surface area (Å²) in [6, 6.07) is 0. The van der Waals surface area contributed by atoms with Gasteiger partial charge in [-0.2, -0.15) is 0 Å². The molecule has 29 heavy (non-hydrogen) atoms. The van der Waals surface area contributed by atoms with Crippen LogP contribution >= 0.6 is 7.82 Å². The Bertz CT molecular complexity index is 469. The van der Waals surface area contributed by atoms with Crippen LogP contribution in [0.1, 0.15) is 90.9 Å². The third-order valence-corrected chi connectivity index (χ3v) is 4.60. The maximum Gasteiger partial charge on any atom is 1.00 e. The number of esters is 2. The third kappa shape index (κ3) is 22.6. The molecule has 0 rings (SSSR count). The second-order valence-corrected chi connectivity index (χ2v) is 8.08. The van der Waals surface area contributed by atoms with Crippen LogP contribution in [0.3, 0.4) is 0 Å². The molecule has 0 aromatic rings. The van der Waals surface area contributed by atoms with E-state index in [2.05, 4.69) is 18.4 Å². The standard InChI is InChI=1S/C19H37O8P.Na/c1-3-5-7-9-11-13-18(20)25-15-17(16-26-28(22,23)24)27-19(21)14-12-10-8-6-4-2;/h17H,3-16H2,1-2H3,(H2,22,23,24);/q;+1/p-1/t17-;/m1./s1. The minimum Gasteiger partial charge on any atom is -0.756 e. The first kappa shape index (κ1) is 31.2. The second kappa shape index (κ2) is 20.0. The van der Waals surface area contributed by atoms with E-state index in [0.29, 0.717) is 12.8 Å². The first-order valence-electron chi connectivity index (χ1n) is 10.3. The average molecular weight is 446 g/mol. The van der Waals surface area contributed by atoms with Crippen LogP contribution in [0.25, 0.3) is 0 Å². The molecule has 1 N–H and O–H groups in total. The summed E-state index contributed by atoms with van der Waals surface area (Å²) in [6.07, 6.45) is 9.14. The molecule has 1 unspecified atom stereocenters. The fourth-order valence-electron chi connectivity index (χ4n) is 2.54. The fourth-order valence-corrected chi connectivity index (χ4v) is 2.90. The maximum atomic E-state index is 11.9. The number of carbonyl (C=O) groups excluding carboxylic acids is 2. The van der Waals surface area contributed by atoms with Gasteiger partial charge in [-0.05, 0) is 12.8 Å². The number of rotatable bonds is 18. The summed E-state index contributed by atoms with van der Waals surface area (Å²) in [5.74, 6) is -0.953. The van der Waals surface area contributed by atoms with E-state index < -0.39 is 32.5 Å². The number of hydrogen-bond acceptors (Lipinski definition) is 7. The topological polar surface area (TPSA) is 122 Å². The Kier molecular flexibility index (Phi) is 21.5. The van der Waals surface area contributed by atoms with Gasteiger partial charge in [0.05, 0.1) is 6.61 Å². The zero-order chi connectivity index (χ0) is 21.3. The van der Waals surface area contributed by atoms with Gasteiger partial charge in [-0.15, -0.1) is 0 Å². The largest absolute Gasteiger partial charge is 1.00 e. The van der Waals surface area contributed by atoms with Gasteiger partial charge in [0.15, 0.2) is 6.10 Å². The van der Waals surface area contributed by atoms with Gasteiger partial charge in [0.2, 0.25) is 0 Å². The Morgan fingerprint density at radius 2 is 1.34 bits per heavy atom. The molecule has 0 radical (unpaired) electrons. The van der Waals surface area contributed by atoms with Crippen LogP contribution in [0.2, 0.25) is 0 Å². The average Bonchev–Trinajstić information content (AvgIpc) is 2.63. The summed E-state index contributed by atoms with van der Waals surface area (Å²) in [7, 11) is -4.95. The molecule has 166 valence electrons. The number of phosphoric acid groups is 1. The molecule has 8 nitrogen and oxygen atoms in total. The normalized spacial score (nSPS) is 13.8. The zero-order valence-corrected chi connectivity index (χ0v) is 21.1. The predicted octanol–water partition coefficient (Wildman–Crippen LogP) is 0.644. The van der Waals surface area contributed by atoms with Gasteiger partial charge >= 0.3 is 41.5 Å². The Hall–Kier alpha value is 0.0500. The van der Waals surface area contributed by atoms with Gasteiger partial charge in [0.25, 0.3) is 7.82 Å². The van der Waals surface area contributed by atoms with Crippen molar-refractivity contribution in [3.05, 3.63) is 0 Å². The van der Waals surface area contributed by atoms with E-state index in [1.807, 2.05) is 0 Å².